The molecule has 0 unspecified atom stereocenters. The quantitative estimate of drug-likeness (QED) is 0.544. The highest BCUT2D eigenvalue weighted by Gasteiger charge is 1.97. The molecule has 0 radical (unpaired) electrons. The summed E-state index contributed by atoms with van der Waals surface area (Å²) in [5.74, 6) is 2.83. The van der Waals surface area contributed by atoms with Crippen molar-refractivity contribution in [2.75, 3.05) is 11.6 Å². The second-order valence-corrected chi connectivity index (χ2v) is 4.58. The maximum atomic E-state index is 6.00. The molecule has 3 heteroatoms. The molecule has 0 bridgehead atoms. The Labute approximate surface area is 93.6 Å². The van der Waals surface area contributed by atoms with Crippen molar-refractivity contribution in [1.29, 1.82) is 0 Å². The van der Waals surface area contributed by atoms with Crippen LogP contribution in [0.2, 0.25) is 5.02 Å². The zero-order chi connectivity index (χ0) is 9.52. The smallest absolute Gasteiger partial charge is 0.0446 e. The van der Waals surface area contributed by atoms with Crippen molar-refractivity contribution in [3.05, 3.63) is 34.9 Å². The van der Waals surface area contributed by atoms with Crippen molar-refractivity contribution in [3.63, 3.8) is 0 Å². The molecule has 0 heterocycles. The maximum Gasteiger partial charge on any atom is 0.0446 e. The van der Waals surface area contributed by atoms with Gasteiger partial charge in [-0.25, -0.2) is 0 Å². The van der Waals surface area contributed by atoms with Gasteiger partial charge in [-0.05, 0) is 23.8 Å². The molecule has 0 spiro atoms. The fourth-order valence-electron chi connectivity index (χ4n) is 0.954. The Bertz CT molecular complexity index is 250. The van der Waals surface area contributed by atoms with E-state index < -0.39 is 0 Å². The number of hydrogen-bond acceptors (Lipinski definition) is 1. The molecule has 0 nitrogen and oxygen atoms in total. The molecule has 0 N–H and O–H groups in total. The van der Waals surface area contributed by atoms with Crippen LogP contribution in [0, 0.1) is 0 Å². The van der Waals surface area contributed by atoms with E-state index in [-0.39, 0.29) is 0 Å². The number of benzene rings is 1. The number of rotatable bonds is 5. The van der Waals surface area contributed by atoms with Crippen molar-refractivity contribution in [2.45, 2.75) is 12.2 Å². The molecule has 72 valence electrons. The van der Waals surface area contributed by atoms with Gasteiger partial charge in [0.1, 0.15) is 0 Å². The van der Waals surface area contributed by atoms with Gasteiger partial charge in [0.15, 0.2) is 0 Å². The third kappa shape index (κ3) is 4.26. The highest BCUT2D eigenvalue weighted by Crippen LogP contribution is 2.20. The molecule has 1 rings (SSSR count). The van der Waals surface area contributed by atoms with Crippen molar-refractivity contribution in [2.24, 2.45) is 0 Å². The molecule has 13 heavy (non-hydrogen) atoms. The van der Waals surface area contributed by atoms with Crippen molar-refractivity contribution >= 4 is 35.0 Å². The van der Waals surface area contributed by atoms with Gasteiger partial charge in [-0.1, -0.05) is 29.8 Å². The van der Waals surface area contributed by atoms with Crippen molar-refractivity contribution in [1.82, 2.24) is 0 Å². The van der Waals surface area contributed by atoms with E-state index in [1.54, 1.807) is 0 Å². The molecular weight excluding hydrogens is 223 g/mol. The maximum absolute atomic E-state index is 6.00. The largest absolute Gasteiger partial charge is 0.157 e. The second kappa shape index (κ2) is 6.58. The third-order valence-electron chi connectivity index (χ3n) is 1.64. The fourth-order valence-corrected chi connectivity index (χ4v) is 2.49. The number of alkyl halides is 1. The Morgan fingerprint density at radius 2 is 2.00 bits per heavy atom. The summed E-state index contributed by atoms with van der Waals surface area (Å²) < 4.78 is 0. The molecule has 1 aromatic carbocycles. The summed E-state index contributed by atoms with van der Waals surface area (Å²) in [6.45, 7) is 0. The van der Waals surface area contributed by atoms with Crippen molar-refractivity contribution < 1.29 is 0 Å². The highest BCUT2D eigenvalue weighted by molar-refractivity contribution is 7.98. The molecule has 0 aliphatic heterocycles. The summed E-state index contributed by atoms with van der Waals surface area (Å²) >= 11 is 13.4. The van der Waals surface area contributed by atoms with Crippen LogP contribution >= 0.6 is 35.0 Å². The lowest BCUT2D eigenvalue weighted by Crippen LogP contribution is -1.85. The van der Waals surface area contributed by atoms with Crippen LogP contribution < -0.4 is 0 Å². The third-order valence-corrected chi connectivity index (χ3v) is 3.37. The monoisotopic (exact) mass is 234 g/mol. The average Bonchev–Trinajstić information content (AvgIpc) is 2.15. The second-order valence-electron chi connectivity index (χ2n) is 2.69. The Balaban J connectivity index is 2.32. The van der Waals surface area contributed by atoms with Crippen LogP contribution in [0.5, 0.6) is 0 Å². The minimum Gasteiger partial charge on any atom is -0.157 e. The van der Waals surface area contributed by atoms with E-state index in [1.165, 1.54) is 5.56 Å². The van der Waals surface area contributed by atoms with Crippen LogP contribution in [0.15, 0.2) is 24.3 Å². The van der Waals surface area contributed by atoms with Gasteiger partial charge in [-0.3, -0.25) is 0 Å². The molecule has 0 aliphatic rings. The Hall–Kier alpha value is 0.150. The molecule has 0 amide bonds. The average molecular weight is 235 g/mol. The summed E-state index contributed by atoms with van der Waals surface area (Å²) in [4.78, 5) is 0. The van der Waals surface area contributed by atoms with Crippen LogP contribution in [0.25, 0.3) is 0 Å². The van der Waals surface area contributed by atoms with Gasteiger partial charge in [-0.15, -0.1) is 11.6 Å². The Kier molecular flexibility index (Phi) is 5.68. The normalized spacial score (nSPS) is 10.3. The zero-order valence-corrected chi connectivity index (χ0v) is 9.63. The predicted octanol–water partition coefficient (Wildman–Crippen LogP) is 4.20. The lowest BCUT2D eigenvalue weighted by atomic mass is 10.2. The van der Waals surface area contributed by atoms with Gasteiger partial charge in [0.25, 0.3) is 0 Å². The first-order valence-electron chi connectivity index (χ1n) is 4.21. The van der Waals surface area contributed by atoms with Crippen LogP contribution in [0.3, 0.4) is 0 Å². The van der Waals surface area contributed by atoms with E-state index in [9.17, 15) is 0 Å². The molecule has 0 atom stereocenters. The van der Waals surface area contributed by atoms with Gasteiger partial charge in [0, 0.05) is 16.7 Å². The minimum atomic E-state index is 0.746. The van der Waals surface area contributed by atoms with Crippen LogP contribution in [-0.4, -0.2) is 11.6 Å². The van der Waals surface area contributed by atoms with E-state index in [0.717, 1.165) is 28.8 Å². The van der Waals surface area contributed by atoms with Crippen LogP contribution in [-0.2, 0) is 5.75 Å². The van der Waals surface area contributed by atoms with E-state index in [2.05, 4.69) is 6.07 Å². The molecule has 1 aromatic rings. The lowest BCUT2D eigenvalue weighted by molar-refractivity contribution is 1.11. The Morgan fingerprint density at radius 3 is 2.69 bits per heavy atom. The van der Waals surface area contributed by atoms with Gasteiger partial charge in [0.2, 0.25) is 0 Å². The summed E-state index contributed by atoms with van der Waals surface area (Å²) in [6.07, 6.45) is 1.07. The van der Waals surface area contributed by atoms with E-state index in [1.807, 2.05) is 30.0 Å². The number of hydrogen-bond donors (Lipinski definition) is 0. The van der Waals surface area contributed by atoms with Crippen LogP contribution in [0.4, 0.5) is 0 Å². The summed E-state index contributed by atoms with van der Waals surface area (Å²) in [7, 11) is 0. The van der Waals surface area contributed by atoms with E-state index >= 15 is 0 Å². The first-order chi connectivity index (χ1) is 6.34. The molecular formula is C10H12Cl2S. The first-order valence-corrected chi connectivity index (χ1v) is 6.28. The fraction of sp³-hybridized carbons (Fsp3) is 0.400. The highest BCUT2D eigenvalue weighted by atomic mass is 35.5. The molecule has 0 fully saturated rings. The lowest BCUT2D eigenvalue weighted by Gasteiger charge is -2.02. The van der Waals surface area contributed by atoms with Gasteiger partial charge >= 0.3 is 0 Å². The van der Waals surface area contributed by atoms with Crippen molar-refractivity contribution in [3.8, 4) is 0 Å². The van der Waals surface area contributed by atoms with E-state index in [4.69, 9.17) is 23.2 Å². The van der Waals surface area contributed by atoms with Gasteiger partial charge < -0.3 is 0 Å². The topological polar surface area (TPSA) is 0 Å². The van der Waals surface area contributed by atoms with Gasteiger partial charge in [0.05, 0.1) is 0 Å². The van der Waals surface area contributed by atoms with E-state index in [0.29, 0.717) is 0 Å². The molecule has 0 aromatic heterocycles. The minimum absolute atomic E-state index is 0.746. The molecule has 0 saturated carbocycles. The zero-order valence-electron chi connectivity index (χ0n) is 7.30. The van der Waals surface area contributed by atoms with Crippen LogP contribution in [0.1, 0.15) is 12.0 Å². The number of thioether (sulfide) groups is 1. The number of halogens is 2. The summed E-state index contributed by atoms with van der Waals surface area (Å²) in [5, 5.41) is 0.862. The van der Waals surface area contributed by atoms with Gasteiger partial charge in [-0.2, -0.15) is 11.8 Å². The Morgan fingerprint density at radius 1 is 1.23 bits per heavy atom. The standard InChI is InChI=1S/C10H12Cl2S/c11-6-3-7-13-8-9-4-1-2-5-10(9)12/h1-2,4-5H,3,6-8H2. The summed E-state index contributed by atoms with van der Waals surface area (Å²) in [6, 6.07) is 7.97. The predicted molar refractivity (Wildman–Crippen MR) is 63.0 cm³/mol. The molecule has 0 saturated heterocycles. The summed E-state index contributed by atoms with van der Waals surface area (Å²) in [5.41, 5.74) is 1.21. The molecule has 0 aliphatic carbocycles. The SMILES string of the molecule is ClCCCSCc1ccccc1Cl. The first kappa shape index (κ1) is 11.2.